The molecule has 0 aromatic heterocycles. The number of aliphatic hydroxyl groups is 1. The van der Waals surface area contributed by atoms with Crippen molar-refractivity contribution in [3.05, 3.63) is 29.8 Å². The van der Waals surface area contributed by atoms with Crippen LogP contribution in [0, 0.1) is 0 Å². The Morgan fingerprint density at radius 1 is 1.50 bits per heavy atom. The molecule has 1 atom stereocenters. The van der Waals surface area contributed by atoms with Crippen LogP contribution in [0.4, 0.5) is 0 Å². The van der Waals surface area contributed by atoms with Crippen LogP contribution < -0.4 is 4.74 Å². The van der Waals surface area contributed by atoms with Gasteiger partial charge in [-0.25, -0.2) is 0 Å². The second-order valence-electron chi connectivity index (χ2n) is 3.61. The zero-order valence-corrected chi connectivity index (χ0v) is 11.4. The SMILES string of the molecule is CCOC(=O)CSCC(O)c1cccc(OC)c1. The van der Waals surface area contributed by atoms with Gasteiger partial charge in [-0.05, 0) is 24.6 Å². The Bertz CT molecular complexity index is 381. The predicted octanol–water partition coefficient (Wildman–Crippen LogP) is 2.02. The summed E-state index contributed by atoms with van der Waals surface area (Å²) in [6.45, 7) is 2.16. The van der Waals surface area contributed by atoms with E-state index in [2.05, 4.69) is 0 Å². The van der Waals surface area contributed by atoms with Crippen LogP contribution in [0.3, 0.4) is 0 Å². The number of benzene rings is 1. The van der Waals surface area contributed by atoms with Crippen LogP contribution in [0.1, 0.15) is 18.6 Å². The molecule has 0 saturated heterocycles. The van der Waals surface area contributed by atoms with Gasteiger partial charge in [0.15, 0.2) is 0 Å². The van der Waals surface area contributed by atoms with Gasteiger partial charge in [-0.1, -0.05) is 12.1 Å². The molecule has 1 rings (SSSR count). The summed E-state index contributed by atoms with van der Waals surface area (Å²) in [4.78, 5) is 11.1. The highest BCUT2D eigenvalue weighted by Crippen LogP contribution is 2.22. The van der Waals surface area contributed by atoms with Crippen molar-refractivity contribution in [2.45, 2.75) is 13.0 Å². The summed E-state index contributed by atoms with van der Waals surface area (Å²) in [6, 6.07) is 7.27. The third-order valence-electron chi connectivity index (χ3n) is 2.28. The van der Waals surface area contributed by atoms with Crippen LogP contribution in [0.15, 0.2) is 24.3 Å². The van der Waals surface area contributed by atoms with Gasteiger partial charge in [-0.2, -0.15) is 0 Å². The fourth-order valence-electron chi connectivity index (χ4n) is 1.40. The zero-order chi connectivity index (χ0) is 13.4. The number of hydrogen-bond acceptors (Lipinski definition) is 5. The number of carbonyl (C=O) groups is 1. The lowest BCUT2D eigenvalue weighted by Gasteiger charge is -2.11. The standard InChI is InChI=1S/C13H18O4S/c1-3-17-13(15)9-18-8-12(14)10-5-4-6-11(7-10)16-2/h4-7,12,14H,3,8-9H2,1-2H3. The number of thioether (sulfide) groups is 1. The maximum Gasteiger partial charge on any atom is 0.315 e. The van der Waals surface area contributed by atoms with E-state index < -0.39 is 6.10 Å². The lowest BCUT2D eigenvalue weighted by atomic mass is 10.1. The van der Waals surface area contributed by atoms with E-state index in [0.717, 1.165) is 5.56 Å². The Morgan fingerprint density at radius 3 is 2.94 bits per heavy atom. The molecule has 0 aliphatic heterocycles. The Labute approximate surface area is 111 Å². The number of ether oxygens (including phenoxy) is 2. The lowest BCUT2D eigenvalue weighted by Crippen LogP contribution is -2.09. The summed E-state index contributed by atoms with van der Waals surface area (Å²) in [5, 5.41) is 9.95. The van der Waals surface area contributed by atoms with Crippen LogP contribution in [0.2, 0.25) is 0 Å². The first-order chi connectivity index (χ1) is 8.67. The quantitative estimate of drug-likeness (QED) is 0.768. The Kier molecular flexibility index (Phi) is 6.60. The maximum atomic E-state index is 11.1. The molecule has 18 heavy (non-hydrogen) atoms. The zero-order valence-electron chi connectivity index (χ0n) is 10.6. The molecule has 1 aromatic carbocycles. The number of hydrogen-bond donors (Lipinski definition) is 1. The van der Waals surface area contributed by atoms with Gasteiger partial charge in [-0.3, -0.25) is 4.79 Å². The third-order valence-corrected chi connectivity index (χ3v) is 3.27. The third kappa shape index (κ3) is 4.98. The molecular formula is C13H18O4S. The monoisotopic (exact) mass is 270 g/mol. The molecule has 0 saturated carbocycles. The number of aliphatic hydroxyl groups excluding tert-OH is 1. The molecule has 0 radical (unpaired) electrons. The average molecular weight is 270 g/mol. The fraction of sp³-hybridized carbons (Fsp3) is 0.462. The molecule has 5 heteroatoms. The highest BCUT2D eigenvalue weighted by atomic mass is 32.2. The topological polar surface area (TPSA) is 55.8 Å². The van der Waals surface area contributed by atoms with Gasteiger partial charge >= 0.3 is 5.97 Å². The van der Waals surface area contributed by atoms with Crippen LogP contribution >= 0.6 is 11.8 Å². The summed E-state index contributed by atoms with van der Waals surface area (Å²) >= 11 is 1.35. The molecule has 1 N–H and O–H groups in total. The molecule has 100 valence electrons. The minimum atomic E-state index is -0.612. The molecule has 0 bridgehead atoms. The average Bonchev–Trinajstić information content (AvgIpc) is 2.39. The van der Waals surface area contributed by atoms with Gasteiger partial charge in [0.1, 0.15) is 5.75 Å². The molecular weight excluding hydrogens is 252 g/mol. The van der Waals surface area contributed by atoms with Crippen LogP contribution in [0.5, 0.6) is 5.75 Å². The van der Waals surface area contributed by atoms with E-state index in [4.69, 9.17) is 9.47 Å². The lowest BCUT2D eigenvalue weighted by molar-refractivity contribution is -0.139. The maximum absolute atomic E-state index is 11.1. The number of carbonyl (C=O) groups excluding carboxylic acids is 1. The van der Waals surface area contributed by atoms with E-state index >= 15 is 0 Å². The fourth-order valence-corrected chi connectivity index (χ4v) is 2.19. The molecule has 0 amide bonds. The molecule has 1 unspecified atom stereocenters. The van der Waals surface area contributed by atoms with Crippen molar-refractivity contribution in [2.24, 2.45) is 0 Å². The summed E-state index contributed by atoms with van der Waals surface area (Å²) < 4.78 is 9.89. The number of esters is 1. The highest BCUT2D eigenvalue weighted by Gasteiger charge is 2.10. The van der Waals surface area contributed by atoms with E-state index in [9.17, 15) is 9.90 Å². The summed E-state index contributed by atoms with van der Waals surface area (Å²) in [6.07, 6.45) is -0.612. The first-order valence-electron chi connectivity index (χ1n) is 5.72. The van der Waals surface area contributed by atoms with Gasteiger partial charge in [0, 0.05) is 5.75 Å². The molecule has 0 heterocycles. The van der Waals surface area contributed by atoms with Crippen LogP contribution in [-0.4, -0.2) is 36.3 Å². The highest BCUT2D eigenvalue weighted by molar-refractivity contribution is 7.99. The first-order valence-corrected chi connectivity index (χ1v) is 6.88. The second-order valence-corrected chi connectivity index (χ2v) is 4.64. The van der Waals surface area contributed by atoms with E-state index in [1.165, 1.54) is 11.8 Å². The van der Waals surface area contributed by atoms with E-state index in [0.29, 0.717) is 18.1 Å². The van der Waals surface area contributed by atoms with Crippen molar-refractivity contribution in [1.82, 2.24) is 0 Å². The number of methoxy groups -OCH3 is 1. The normalized spacial score (nSPS) is 11.9. The summed E-state index contributed by atoms with van der Waals surface area (Å²) in [5.74, 6) is 1.17. The Hall–Kier alpha value is -1.20. The number of rotatable bonds is 7. The van der Waals surface area contributed by atoms with Crippen molar-refractivity contribution in [3.63, 3.8) is 0 Å². The molecule has 1 aromatic rings. The van der Waals surface area contributed by atoms with Crippen LogP contribution in [-0.2, 0) is 9.53 Å². The van der Waals surface area contributed by atoms with E-state index in [-0.39, 0.29) is 11.7 Å². The molecule has 0 aliphatic rings. The van der Waals surface area contributed by atoms with Gasteiger partial charge < -0.3 is 14.6 Å². The van der Waals surface area contributed by atoms with Gasteiger partial charge in [-0.15, -0.1) is 11.8 Å². The molecule has 0 aliphatic carbocycles. The van der Waals surface area contributed by atoms with Crippen molar-refractivity contribution in [1.29, 1.82) is 0 Å². The van der Waals surface area contributed by atoms with E-state index in [1.807, 2.05) is 18.2 Å². The van der Waals surface area contributed by atoms with E-state index in [1.54, 1.807) is 20.1 Å². The Morgan fingerprint density at radius 2 is 2.28 bits per heavy atom. The first kappa shape index (κ1) is 14.9. The minimum Gasteiger partial charge on any atom is -0.497 e. The molecule has 4 nitrogen and oxygen atoms in total. The van der Waals surface area contributed by atoms with Gasteiger partial charge in [0.2, 0.25) is 0 Å². The van der Waals surface area contributed by atoms with Crippen molar-refractivity contribution >= 4 is 17.7 Å². The van der Waals surface area contributed by atoms with Crippen molar-refractivity contribution in [3.8, 4) is 5.75 Å². The molecule has 0 spiro atoms. The van der Waals surface area contributed by atoms with Crippen LogP contribution in [0.25, 0.3) is 0 Å². The second kappa shape index (κ2) is 8.00. The summed E-state index contributed by atoms with van der Waals surface area (Å²) in [7, 11) is 1.58. The predicted molar refractivity (Wildman–Crippen MR) is 71.9 cm³/mol. The molecule has 0 fully saturated rings. The summed E-state index contributed by atoms with van der Waals surface area (Å²) in [5.41, 5.74) is 0.783. The van der Waals surface area contributed by atoms with Crippen molar-refractivity contribution < 1.29 is 19.4 Å². The Balaban J connectivity index is 2.40. The largest absolute Gasteiger partial charge is 0.497 e. The smallest absolute Gasteiger partial charge is 0.315 e. The van der Waals surface area contributed by atoms with Gasteiger partial charge in [0.05, 0.1) is 25.6 Å². The van der Waals surface area contributed by atoms with Gasteiger partial charge in [0.25, 0.3) is 0 Å². The van der Waals surface area contributed by atoms with Crippen molar-refractivity contribution in [2.75, 3.05) is 25.2 Å². The minimum absolute atomic E-state index is 0.250.